The van der Waals surface area contributed by atoms with E-state index >= 15 is 0 Å². The number of terminal acetylenes is 1. The van der Waals surface area contributed by atoms with Gasteiger partial charge in [-0.2, -0.15) is 0 Å². The van der Waals surface area contributed by atoms with E-state index in [9.17, 15) is 4.79 Å². The summed E-state index contributed by atoms with van der Waals surface area (Å²) in [4.78, 5) is 11.2. The van der Waals surface area contributed by atoms with Crippen LogP contribution < -0.4 is 10.6 Å². The zero-order valence-corrected chi connectivity index (χ0v) is 9.19. The second-order valence-electron chi connectivity index (χ2n) is 2.64. The van der Waals surface area contributed by atoms with E-state index in [0.717, 1.165) is 0 Å². The van der Waals surface area contributed by atoms with Crippen LogP contribution in [0.5, 0.6) is 0 Å². The summed E-state index contributed by atoms with van der Waals surface area (Å²) < 4.78 is 0. The monoisotopic (exact) mass is 242 g/mol. The van der Waals surface area contributed by atoms with Gasteiger partial charge in [-0.1, -0.05) is 29.1 Å². The molecule has 0 bridgehead atoms. The second-order valence-corrected chi connectivity index (χ2v) is 3.48. The van der Waals surface area contributed by atoms with E-state index in [4.69, 9.17) is 29.6 Å². The van der Waals surface area contributed by atoms with Gasteiger partial charge in [0.2, 0.25) is 0 Å². The quantitative estimate of drug-likeness (QED) is 0.770. The summed E-state index contributed by atoms with van der Waals surface area (Å²) in [7, 11) is 0. The molecule has 0 unspecified atom stereocenters. The molecular formula is C10H8Cl2N2O. The topological polar surface area (TPSA) is 41.1 Å². The summed E-state index contributed by atoms with van der Waals surface area (Å²) in [6.07, 6.45) is 4.98. The minimum Gasteiger partial charge on any atom is -0.327 e. The van der Waals surface area contributed by atoms with E-state index in [1.165, 1.54) is 0 Å². The fourth-order valence-corrected chi connectivity index (χ4v) is 1.23. The molecule has 0 radical (unpaired) electrons. The molecule has 1 rings (SSSR count). The smallest absolute Gasteiger partial charge is 0.320 e. The third kappa shape index (κ3) is 3.70. The Kier molecular flexibility index (Phi) is 4.29. The van der Waals surface area contributed by atoms with Crippen molar-refractivity contribution >= 4 is 34.9 Å². The lowest BCUT2D eigenvalue weighted by atomic mass is 10.3. The fraction of sp³-hybridized carbons (Fsp3) is 0.100. The Morgan fingerprint density at radius 1 is 1.47 bits per heavy atom. The molecular weight excluding hydrogens is 235 g/mol. The zero-order valence-electron chi connectivity index (χ0n) is 7.68. The zero-order chi connectivity index (χ0) is 11.3. The van der Waals surface area contributed by atoms with Crippen LogP contribution in [-0.2, 0) is 0 Å². The summed E-state index contributed by atoms with van der Waals surface area (Å²) in [5.41, 5.74) is 0.443. The van der Waals surface area contributed by atoms with Crippen molar-refractivity contribution in [3.05, 3.63) is 28.2 Å². The van der Waals surface area contributed by atoms with Crippen LogP contribution in [0.4, 0.5) is 10.5 Å². The molecule has 0 saturated heterocycles. The number of benzene rings is 1. The number of hydrogen-bond acceptors (Lipinski definition) is 1. The summed E-state index contributed by atoms with van der Waals surface area (Å²) in [6.45, 7) is 0.157. The Bertz CT molecular complexity index is 412. The lowest BCUT2D eigenvalue weighted by molar-refractivity contribution is 0.253. The third-order valence-electron chi connectivity index (χ3n) is 1.53. The van der Waals surface area contributed by atoms with E-state index in [1.807, 2.05) is 0 Å². The highest BCUT2D eigenvalue weighted by Gasteiger charge is 2.04. The van der Waals surface area contributed by atoms with Crippen molar-refractivity contribution < 1.29 is 4.79 Å². The van der Waals surface area contributed by atoms with Crippen LogP contribution in [0.3, 0.4) is 0 Å². The summed E-state index contributed by atoms with van der Waals surface area (Å²) in [5.74, 6) is 2.28. The first kappa shape index (κ1) is 11.7. The maximum atomic E-state index is 11.2. The molecule has 0 fully saturated rings. The van der Waals surface area contributed by atoms with Gasteiger partial charge in [0, 0.05) is 5.02 Å². The van der Waals surface area contributed by atoms with Crippen molar-refractivity contribution in [3.8, 4) is 12.3 Å². The Labute approximate surface area is 97.8 Å². The van der Waals surface area contributed by atoms with Crippen LogP contribution in [-0.4, -0.2) is 12.6 Å². The van der Waals surface area contributed by atoms with Crippen LogP contribution >= 0.6 is 23.2 Å². The van der Waals surface area contributed by atoms with Crippen molar-refractivity contribution in [1.82, 2.24) is 5.32 Å². The molecule has 0 heterocycles. The van der Waals surface area contributed by atoms with Gasteiger partial charge >= 0.3 is 6.03 Å². The molecule has 0 atom stereocenters. The van der Waals surface area contributed by atoms with Gasteiger partial charge < -0.3 is 10.6 Å². The Morgan fingerprint density at radius 2 is 2.20 bits per heavy atom. The third-order valence-corrected chi connectivity index (χ3v) is 2.09. The number of hydrogen-bond donors (Lipinski definition) is 2. The van der Waals surface area contributed by atoms with Crippen molar-refractivity contribution in [2.45, 2.75) is 0 Å². The maximum absolute atomic E-state index is 11.2. The fourth-order valence-electron chi connectivity index (χ4n) is 0.891. The standard InChI is InChI=1S/C10H8Cl2N2O/c1-2-5-13-10(15)14-9-6-7(11)3-4-8(9)12/h1,3-4,6H,5H2,(H2,13,14,15). The highest BCUT2D eigenvalue weighted by atomic mass is 35.5. The number of nitrogens with one attached hydrogen (secondary N) is 2. The predicted molar refractivity (Wildman–Crippen MR) is 62.3 cm³/mol. The molecule has 1 aromatic carbocycles. The summed E-state index contributed by atoms with van der Waals surface area (Å²) in [6, 6.07) is 4.37. The average Bonchev–Trinajstić information content (AvgIpc) is 2.20. The van der Waals surface area contributed by atoms with Gasteiger partial charge in [-0.3, -0.25) is 0 Å². The predicted octanol–water partition coefficient (Wildman–Crippen LogP) is 2.75. The summed E-state index contributed by atoms with van der Waals surface area (Å²) >= 11 is 11.6. The first-order valence-corrected chi connectivity index (χ1v) is 4.82. The van der Waals surface area contributed by atoms with Gasteiger partial charge in [-0.15, -0.1) is 6.42 Å². The van der Waals surface area contributed by atoms with Gasteiger partial charge in [0.1, 0.15) is 0 Å². The van der Waals surface area contributed by atoms with Crippen LogP contribution in [0, 0.1) is 12.3 Å². The normalized spacial score (nSPS) is 9.13. The van der Waals surface area contributed by atoms with Crippen molar-refractivity contribution in [1.29, 1.82) is 0 Å². The minimum atomic E-state index is -0.419. The van der Waals surface area contributed by atoms with Gasteiger partial charge in [-0.25, -0.2) is 4.79 Å². The number of halogens is 2. The second kappa shape index (κ2) is 5.50. The van der Waals surface area contributed by atoms with Gasteiger partial charge in [0.25, 0.3) is 0 Å². The maximum Gasteiger partial charge on any atom is 0.320 e. The first-order chi connectivity index (χ1) is 7.13. The number of anilines is 1. The number of carbonyl (C=O) groups excluding carboxylic acids is 1. The SMILES string of the molecule is C#CCNC(=O)Nc1cc(Cl)ccc1Cl. The highest BCUT2D eigenvalue weighted by molar-refractivity contribution is 6.35. The van der Waals surface area contributed by atoms with Gasteiger partial charge in [0.05, 0.1) is 17.3 Å². The highest BCUT2D eigenvalue weighted by Crippen LogP contribution is 2.25. The van der Waals surface area contributed by atoms with E-state index in [2.05, 4.69) is 16.6 Å². The van der Waals surface area contributed by atoms with Crippen LogP contribution in [0.1, 0.15) is 0 Å². The van der Waals surface area contributed by atoms with Crippen LogP contribution in [0.15, 0.2) is 18.2 Å². The largest absolute Gasteiger partial charge is 0.327 e. The molecule has 0 spiro atoms. The molecule has 0 aromatic heterocycles. The lowest BCUT2D eigenvalue weighted by Gasteiger charge is -2.07. The Hall–Kier alpha value is -1.37. The number of carbonyl (C=O) groups is 1. The van der Waals surface area contributed by atoms with Crippen molar-refractivity contribution in [2.24, 2.45) is 0 Å². The van der Waals surface area contributed by atoms with E-state index in [-0.39, 0.29) is 6.54 Å². The number of amides is 2. The first-order valence-electron chi connectivity index (χ1n) is 4.07. The van der Waals surface area contributed by atoms with Crippen molar-refractivity contribution in [3.63, 3.8) is 0 Å². The number of urea groups is 1. The van der Waals surface area contributed by atoms with E-state index in [1.54, 1.807) is 18.2 Å². The molecule has 0 aliphatic rings. The molecule has 0 aliphatic heterocycles. The minimum absolute atomic E-state index is 0.157. The molecule has 2 amide bonds. The van der Waals surface area contributed by atoms with Gasteiger partial charge in [0.15, 0.2) is 0 Å². The Balaban J connectivity index is 2.68. The van der Waals surface area contributed by atoms with Crippen molar-refractivity contribution in [2.75, 3.05) is 11.9 Å². The lowest BCUT2D eigenvalue weighted by Crippen LogP contribution is -2.28. The molecule has 0 aliphatic carbocycles. The molecule has 78 valence electrons. The van der Waals surface area contributed by atoms with Crippen LogP contribution in [0.25, 0.3) is 0 Å². The van der Waals surface area contributed by atoms with E-state index < -0.39 is 6.03 Å². The molecule has 2 N–H and O–H groups in total. The molecule has 15 heavy (non-hydrogen) atoms. The Morgan fingerprint density at radius 3 is 2.87 bits per heavy atom. The molecule has 5 heteroatoms. The van der Waals surface area contributed by atoms with E-state index in [0.29, 0.717) is 15.7 Å². The number of rotatable bonds is 2. The average molecular weight is 243 g/mol. The van der Waals surface area contributed by atoms with Crippen LogP contribution in [0.2, 0.25) is 10.0 Å². The van der Waals surface area contributed by atoms with Gasteiger partial charge in [-0.05, 0) is 18.2 Å². The molecule has 3 nitrogen and oxygen atoms in total. The molecule has 1 aromatic rings. The summed E-state index contributed by atoms with van der Waals surface area (Å²) in [5, 5.41) is 5.87. The molecule has 0 saturated carbocycles.